The molecular weight excluding hydrogens is 250 g/mol. The average Bonchev–Trinajstić information content (AvgIpc) is 2.70. The summed E-state index contributed by atoms with van der Waals surface area (Å²) in [5.74, 6) is 0.666. The van der Waals surface area contributed by atoms with Crippen LogP contribution < -0.4 is 5.32 Å². The van der Waals surface area contributed by atoms with Crippen LogP contribution in [0.15, 0.2) is 18.2 Å². The third-order valence-electron chi connectivity index (χ3n) is 2.95. The van der Waals surface area contributed by atoms with Crippen molar-refractivity contribution in [3.05, 3.63) is 29.6 Å². The van der Waals surface area contributed by atoms with Crippen LogP contribution in [0.4, 0.5) is 0 Å². The van der Waals surface area contributed by atoms with Gasteiger partial charge in [0.15, 0.2) is 0 Å². The fourth-order valence-electron chi connectivity index (χ4n) is 2.00. The number of carbonyl (C=O) groups is 1. The molecule has 1 aromatic heterocycles. The molecule has 2 rings (SSSR count). The first-order valence-corrected chi connectivity index (χ1v) is 6.28. The lowest BCUT2D eigenvalue weighted by Gasteiger charge is -2.09. The van der Waals surface area contributed by atoms with Crippen LogP contribution in [0.3, 0.4) is 0 Å². The van der Waals surface area contributed by atoms with Gasteiger partial charge >= 0.3 is 0 Å². The summed E-state index contributed by atoms with van der Waals surface area (Å²) in [7, 11) is 1.62. The second-order valence-corrected chi connectivity index (χ2v) is 4.94. The van der Waals surface area contributed by atoms with E-state index in [-0.39, 0.29) is 17.8 Å². The molecular formula is C13H16ClN3O. The molecule has 1 N–H and O–H groups in total. The number of para-hydroxylation sites is 1. The highest BCUT2D eigenvalue weighted by molar-refractivity contribution is 6.20. The number of fused-ring (bicyclic) bond motifs is 1. The summed E-state index contributed by atoms with van der Waals surface area (Å²) in [6.07, 6.45) is 0. The topological polar surface area (TPSA) is 46.9 Å². The molecule has 18 heavy (non-hydrogen) atoms. The number of aromatic nitrogens is 2. The van der Waals surface area contributed by atoms with Crippen LogP contribution in [0, 0.1) is 6.92 Å². The molecule has 0 bridgehead atoms. The van der Waals surface area contributed by atoms with E-state index < -0.39 is 0 Å². The highest BCUT2D eigenvalue weighted by atomic mass is 35.5. The number of nitrogens with one attached hydrogen (secondary N) is 1. The van der Waals surface area contributed by atoms with Crippen LogP contribution in [0.25, 0.3) is 11.0 Å². The molecule has 0 saturated carbocycles. The van der Waals surface area contributed by atoms with Gasteiger partial charge in [-0.1, -0.05) is 12.1 Å². The largest absolute Gasteiger partial charge is 0.358 e. The van der Waals surface area contributed by atoms with Gasteiger partial charge in [-0.05, 0) is 25.5 Å². The molecule has 96 valence electrons. The molecule has 0 spiro atoms. The zero-order valence-corrected chi connectivity index (χ0v) is 11.5. The van der Waals surface area contributed by atoms with Gasteiger partial charge in [0.05, 0.1) is 16.4 Å². The Labute approximate surface area is 111 Å². The lowest BCUT2D eigenvalue weighted by atomic mass is 10.2. The molecule has 5 heteroatoms. The summed E-state index contributed by atoms with van der Waals surface area (Å²) in [4.78, 5) is 16.1. The fourth-order valence-corrected chi connectivity index (χ4v) is 2.16. The zero-order chi connectivity index (χ0) is 13.3. The number of benzene rings is 1. The highest BCUT2D eigenvalue weighted by Gasteiger charge is 2.17. The van der Waals surface area contributed by atoms with Gasteiger partial charge in [0.2, 0.25) is 5.91 Å². The fraction of sp³-hybridized carbons (Fsp3) is 0.385. The van der Waals surface area contributed by atoms with Crippen molar-refractivity contribution in [3.8, 4) is 0 Å². The summed E-state index contributed by atoms with van der Waals surface area (Å²) in [6, 6.07) is 5.92. The second kappa shape index (κ2) is 4.98. The lowest BCUT2D eigenvalue weighted by Crippen LogP contribution is -2.24. The van der Waals surface area contributed by atoms with Gasteiger partial charge in [0.1, 0.15) is 12.4 Å². The maximum absolute atomic E-state index is 11.6. The van der Waals surface area contributed by atoms with Crippen LogP contribution in [0.1, 0.15) is 23.7 Å². The van der Waals surface area contributed by atoms with Crippen molar-refractivity contribution in [2.75, 3.05) is 7.05 Å². The number of alkyl halides is 1. The predicted octanol–water partition coefficient (Wildman–Crippen LogP) is 2.39. The maximum Gasteiger partial charge on any atom is 0.239 e. The molecule has 1 aromatic carbocycles. The van der Waals surface area contributed by atoms with E-state index in [9.17, 15) is 4.79 Å². The van der Waals surface area contributed by atoms with Gasteiger partial charge in [0.25, 0.3) is 0 Å². The summed E-state index contributed by atoms with van der Waals surface area (Å²) in [5, 5.41) is 2.38. The Morgan fingerprint density at radius 3 is 2.89 bits per heavy atom. The number of imidazole rings is 1. The Balaban J connectivity index is 2.63. The SMILES string of the molecule is CNC(=O)Cn1c(C(C)Cl)nc2c(C)cccc21. The number of carbonyl (C=O) groups excluding carboxylic acids is 1. The summed E-state index contributed by atoms with van der Waals surface area (Å²) in [6.45, 7) is 4.10. The quantitative estimate of drug-likeness (QED) is 0.867. The van der Waals surface area contributed by atoms with Crippen molar-refractivity contribution in [2.24, 2.45) is 0 Å². The van der Waals surface area contributed by atoms with Crippen molar-refractivity contribution < 1.29 is 4.79 Å². The van der Waals surface area contributed by atoms with Crippen molar-refractivity contribution in [2.45, 2.75) is 25.8 Å². The van der Waals surface area contributed by atoms with Crippen molar-refractivity contribution in [3.63, 3.8) is 0 Å². The Morgan fingerprint density at radius 1 is 1.56 bits per heavy atom. The van der Waals surface area contributed by atoms with Crippen molar-refractivity contribution in [1.29, 1.82) is 0 Å². The minimum atomic E-state index is -0.235. The molecule has 1 amide bonds. The Hall–Kier alpha value is -1.55. The average molecular weight is 266 g/mol. The van der Waals surface area contributed by atoms with Gasteiger partial charge in [0, 0.05) is 7.05 Å². The summed E-state index contributed by atoms with van der Waals surface area (Å²) < 4.78 is 1.87. The third-order valence-corrected chi connectivity index (χ3v) is 3.14. The molecule has 2 aromatic rings. The number of likely N-dealkylation sites (N-methyl/N-ethyl adjacent to an activating group) is 1. The van der Waals surface area contributed by atoms with E-state index >= 15 is 0 Å². The lowest BCUT2D eigenvalue weighted by molar-refractivity contribution is -0.121. The van der Waals surface area contributed by atoms with Crippen LogP contribution in [-0.2, 0) is 11.3 Å². The number of aryl methyl sites for hydroxylation is 1. The Morgan fingerprint density at radius 2 is 2.28 bits per heavy atom. The number of rotatable bonds is 3. The van der Waals surface area contributed by atoms with Crippen LogP contribution >= 0.6 is 11.6 Å². The molecule has 0 aliphatic rings. The number of hydrogen-bond acceptors (Lipinski definition) is 2. The molecule has 0 saturated heterocycles. The smallest absolute Gasteiger partial charge is 0.239 e. The van der Waals surface area contributed by atoms with E-state index in [1.54, 1.807) is 7.05 Å². The normalized spacial score (nSPS) is 12.7. The van der Waals surface area contributed by atoms with Gasteiger partial charge < -0.3 is 9.88 Å². The monoisotopic (exact) mass is 265 g/mol. The molecule has 4 nitrogen and oxygen atoms in total. The van der Waals surface area contributed by atoms with Crippen LogP contribution in [-0.4, -0.2) is 22.5 Å². The van der Waals surface area contributed by atoms with E-state index in [1.165, 1.54) is 0 Å². The zero-order valence-electron chi connectivity index (χ0n) is 10.7. The second-order valence-electron chi connectivity index (χ2n) is 4.29. The first-order valence-electron chi connectivity index (χ1n) is 5.85. The molecule has 0 aliphatic heterocycles. The summed E-state index contributed by atoms with van der Waals surface area (Å²) >= 11 is 6.14. The Bertz CT molecular complexity index is 589. The number of halogens is 1. The van der Waals surface area contributed by atoms with Gasteiger partial charge in [-0.15, -0.1) is 11.6 Å². The van der Waals surface area contributed by atoms with E-state index in [0.29, 0.717) is 0 Å². The van der Waals surface area contributed by atoms with E-state index in [2.05, 4.69) is 10.3 Å². The van der Waals surface area contributed by atoms with Crippen molar-refractivity contribution in [1.82, 2.24) is 14.9 Å². The first kappa shape index (κ1) is 12.9. The number of nitrogens with zero attached hydrogens (tertiary/aromatic N) is 2. The minimum Gasteiger partial charge on any atom is -0.358 e. The van der Waals surface area contributed by atoms with Gasteiger partial charge in [-0.2, -0.15) is 0 Å². The first-order chi connectivity index (χ1) is 8.54. The number of hydrogen-bond donors (Lipinski definition) is 1. The predicted molar refractivity (Wildman–Crippen MR) is 72.8 cm³/mol. The van der Waals surface area contributed by atoms with Crippen LogP contribution in [0.5, 0.6) is 0 Å². The molecule has 0 radical (unpaired) electrons. The maximum atomic E-state index is 11.6. The Kier molecular flexibility index (Phi) is 3.57. The highest BCUT2D eigenvalue weighted by Crippen LogP contribution is 2.26. The summed E-state index contributed by atoms with van der Waals surface area (Å²) in [5.41, 5.74) is 2.94. The molecule has 1 heterocycles. The minimum absolute atomic E-state index is 0.0608. The van der Waals surface area contributed by atoms with E-state index in [4.69, 9.17) is 11.6 Å². The third kappa shape index (κ3) is 2.20. The van der Waals surface area contributed by atoms with E-state index in [1.807, 2.05) is 36.6 Å². The van der Waals surface area contributed by atoms with Crippen molar-refractivity contribution >= 4 is 28.5 Å². The molecule has 0 aliphatic carbocycles. The van der Waals surface area contributed by atoms with Crippen LogP contribution in [0.2, 0.25) is 0 Å². The molecule has 1 atom stereocenters. The van der Waals surface area contributed by atoms with Gasteiger partial charge in [-0.3, -0.25) is 4.79 Å². The molecule has 0 fully saturated rings. The van der Waals surface area contributed by atoms with Gasteiger partial charge in [-0.25, -0.2) is 4.98 Å². The van der Waals surface area contributed by atoms with E-state index in [0.717, 1.165) is 22.4 Å². The standard InChI is InChI=1S/C13H16ClN3O/c1-8-5-4-6-10-12(8)16-13(9(2)14)17(10)7-11(18)15-3/h4-6,9H,7H2,1-3H3,(H,15,18). The number of amides is 1. The molecule has 1 unspecified atom stereocenters.